The average molecular weight is 375 g/mol. The molecule has 2 unspecified atom stereocenters. The Hall–Kier alpha value is -0.920. The van der Waals surface area contributed by atoms with E-state index >= 15 is 0 Å². The lowest BCUT2D eigenvalue weighted by Crippen LogP contribution is -2.54. The second-order valence-corrected chi connectivity index (χ2v) is 8.78. The second kappa shape index (κ2) is 6.06. The first-order chi connectivity index (χ1) is 9.71. The van der Waals surface area contributed by atoms with E-state index in [0.29, 0.717) is 18.4 Å². The van der Waals surface area contributed by atoms with Crippen LogP contribution in [0.2, 0.25) is 0 Å². The van der Waals surface area contributed by atoms with Gasteiger partial charge in [-0.1, -0.05) is 28.1 Å². The van der Waals surface area contributed by atoms with Gasteiger partial charge in [-0.05, 0) is 37.5 Å². The van der Waals surface area contributed by atoms with Gasteiger partial charge in [-0.3, -0.25) is 4.79 Å². The topological polar surface area (TPSA) is 89.3 Å². The van der Waals surface area contributed by atoms with Crippen LogP contribution in [0, 0.1) is 0 Å². The van der Waals surface area contributed by atoms with Crippen LogP contribution in [-0.2, 0) is 20.2 Å². The number of hydrogen-bond acceptors (Lipinski definition) is 4. The van der Waals surface area contributed by atoms with Crippen LogP contribution in [-0.4, -0.2) is 31.9 Å². The van der Waals surface area contributed by atoms with E-state index in [2.05, 4.69) is 21.2 Å². The first kappa shape index (κ1) is 16.5. The maximum Gasteiger partial charge on any atom is 0.244 e. The lowest BCUT2D eigenvalue weighted by Gasteiger charge is -2.29. The molecule has 1 aromatic rings. The first-order valence-electron chi connectivity index (χ1n) is 6.77. The molecule has 0 radical (unpaired) electrons. The zero-order valence-electron chi connectivity index (χ0n) is 11.8. The van der Waals surface area contributed by atoms with Crippen molar-refractivity contribution in [3.8, 4) is 0 Å². The summed E-state index contributed by atoms with van der Waals surface area (Å²) in [5.74, 6) is -0.159. The third-order valence-electron chi connectivity index (χ3n) is 3.71. The Morgan fingerprint density at radius 3 is 2.57 bits per heavy atom. The summed E-state index contributed by atoms with van der Waals surface area (Å²) >= 11 is 3.33. The van der Waals surface area contributed by atoms with Crippen molar-refractivity contribution < 1.29 is 13.2 Å². The predicted octanol–water partition coefficient (Wildman–Crippen LogP) is 1.32. The molecular weight excluding hydrogens is 356 g/mol. The van der Waals surface area contributed by atoms with Crippen LogP contribution in [0.1, 0.15) is 25.3 Å². The summed E-state index contributed by atoms with van der Waals surface area (Å²) in [6, 6.07) is 6.84. The van der Waals surface area contributed by atoms with Crippen LogP contribution < -0.4 is 11.1 Å². The predicted molar refractivity (Wildman–Crippen MR) is 85.5 cm³/mol. The van der Waals surface area contributed by atoms with Crippen molar-refractivity contribution in [2.45, 2.75) is 31.3 Å². The summed E-state index contributed by atoms with van der Waals surface area (Å²) in [6.07, 6.45) is 1.24. The number of nitrogens with one attached hydrogen (secondary N) is 1. The van der Waals surface area contributed by atoms with Crippen LogP contribution in [0.3, 0.4) is 0 Å². The van der Waals surface area contributed by atoms with Crippen LogP contribution in [0.4, 0.5) is 0 Å². The number of halogens is 1. The molecule has 2 atom stereocenters. The van der Waals surface area contributed by atoms with Gasteiger partial charge in [0.2, 0.25) is 5.91 Å². The largest absolute Gasteiger partial charge is 0.350 e. The fourth-order valence-electron chi connectivity index (χ4n) is 2.40. The maximum atomic E-state index is 12.4. The SMILES string of the molecule is CC(N)(C(=O)NC1CCCS(=O)(=O)C1)c1ccc(Br)cc1. The summed E-state index contributed by atoms with van der Waals surface area (Å²) in [6.45, 7) is 1.63. The van der Waals surface area contributed by atoms with Crippen molar-refractivity contribution >= 4 is 31.7 Å². The van der Waals surface area contributed by atoms with Gasteiger partial charge in [-0.15, -0.1) is 0 Å². The molecule has 0 aromatic heterocycles. The van der Waals surface area contributed by atoms with Crippen molar-refractivity contribution in [1.29, 1.82) is 0 Å². The summed E-state index contributed by atoms with van der Waals surface area (Å²) in [4.78, 5) is 12.4. The van der Waals surface area contributed by atoms with E-state index in [9.17, 15) is 13.2 Å². The Bertz CT molecular complexity index is 626. The number of nitrogens with two attached hydrogens (primary N) is 1. The zero-order chi connectivity index (χ0) is 15.7. The molecule has 7 heteroatoms. The molecule has 1 saturated heterocycles. The molecule has 3 N–H and O–H groups in total. The minimum absolute atomic E-state index is 0.00480. The van der Waals surface area contributed by atoms with Gasteiger partial charge in [0.1, 0.15) is 5.54 Å². The van der Waals surface area contributed by atoms with Gasteiger partial charge in [0.05, 0.1) is 11.5 Å². The Morgan fingerprint density at radius 1 is 1.38 bits per heavy atom. The molecule has 21 heavy (non-hydrogen) atoms. The van der Waals surface area contributed by atoms with Crippen molar-refractivity contribution in [3.63, 3.8) is 0 Å². The summed E-state index contributed by atoms with van der Waals surface area (Å²) < 4.78 is 24.1. The van der Waals surface area contributed by atoms with E-state index in [1.165, 1.54) is 0 Å². The quantitative estimate of drug-likeness (QED) is 0.834. The van der Waals surface area contributed by atoms with Crippen LogP contribution in [0.25, 0.3) is 0 Å². The van der Waals surface area contributed by atoms with Gasteiger partial charge < -0.3 is 11.1 Å². The highest BCUT2D eigenvalue weighted by molar-refractivity contribution is 9.10. The number of benzene rings is 1. The van der Waals surface area contributed by atoms with Gasteiger partial charge in [0.25, 0.3) is 0 Å². The lowest BCUT2D eigenvalue weighted by molar-refractivity contribution is -0.126. The van der Waals surface area contributed by atoms with Crippen molar-refractivity contribution in [2.24, 2.45) is 5.73 Å². The molecular formula is C14H19BrN2O3S. The molecule has 116 valence electrons. The van der Waals surface area contributed by atoms with Gasteiger partial charge >= 0.3 is 0 Å². The molecule has 0 saturated carbocycles. The van der Waals surface area contributed by atoms with E-state index in [1.54, 1.807) is 19.1 Å². The highest BCUT2D eigenvalue weighted by Crippen LogP contribution is 2.21. The fraction of sp³-hybridized carbons (Fsp3) is 0.500. The minimum Gasteiger partial charge on any atom is -0.350 e. The summed E-state index contributed by atoms with van der Waals surface area (Å²) in [5.41, 5.74) is 5.63. The second-order valence-electron chi connectivity index (χ2n) is 5.64. The van der Waals surface area contributed by atoms with E-state index < -0.39 is 15.4 Å². The molecule has 1 aliphatic heterocycles. The van der Waals surface area contributed by atoms with E-state index in [-0.39, 0.29) is 23.5 Å². The monoisotopic (exact) mass is 374 g/mol. The molecule has 1 fully saturated rings. The Balaban J connectivity index is 2.10. The number of sulfone groups is 1. The number of rotatable bonds is 3. The Morgan fingerprint density at radius 2 is 2.00 bits per heavy atom. The van der Waals surface area contributed by atoms with Crippen LogP contribution in [0.5, 0.6) is 0 Å². The van der Waals surface area contributed by atoms with Gasteiger partial charge in [-0.2, -0.15) is 0 Å². The molecule has 0 bridgehead atoms. The minimum atomic E-state index is -3.06. The van der Waals surface area contributed by atoms with Crippen molar-refractivity contribution in [2.75, 3.05) is 11.5 Å². The number of hydrogen-bond donors (Lipinski definition) is 2. The third-order valence-corrected chi connectivity index (χ3v) is 6.06. The van der Waals surface area contributed by atoms with Gasteiger partial charge in [-0.25, -0.2) is 8.42 Å². The molecule has 1 amide bonds. The molecule has 1 aromatic carbocycles. The molecule has 5 nitrogen and oxygen atoms in total. The first-order valence-corrected chi connectivity index (χ1v) is 9.38. The summed E-state index contributed by atoms with van der Waals surface area (Å²) in [7, 11) is -3.06. The van der Waals surface area contributed by atoms with E-state index in [1.807, 2.05) is 12.1 Å². The smallest absolute Gasteiger partial charge is 0.244 e. The highest BCUT2D eigenvalue weighted by Gasteiger charge is 2.34. The molecule has 1 aliphatic rings. The van der Waals surface area contributed by atoms with Crippen molar-refractivity contribution in [3.05, 3.63) is 34.3 Å². The third kappa shape index (κ3) is 4.05. The number of amides is 1. The molecule has 1 heterocycles. The molecule has 2 rings (SSSR count). The standard InChI is InChI=1S/C14H19BrN2O3S/c1-14(16,10-4-6-11(15)7-5-10)13(18)17-12-3-2-8-21(19,20)9-12/h4-7,12H,2-3,8-9,16H2,1H3,(H,17,18). The van der Waals surface area contributed by atoms with Crippen LogP contribution >= 0.6 is 15.9 Å². The van der Waals surface area contributed by atoms with E-state index in [4.69, 9.17) is 5.73 Å². The van der Waals surface area contributed by atoms with Crippen molar-refractivity contribution in [1.82, 2.24) is 5.32 Å². The zero-order valence-corrected chi connectivity index (χ0v) is 14.2. The average Bonchev–Trinajstić information content (AvgIpc) is 2.38. The fourth-order valence-corrected chi connectivity index (χ4v) is 4.30. The number of carbonyl (C=O) groups is 1. The molecule has 0 spiro atoms. The molecule has 0 aliphatic carbocycles. The number of carbonyl (C=O) groups excluding carboxylic acids is 1. The highest BCUT2D eigenvalue weighted by atomic mass is 79.9. The lowest BCUT2D eigenvalue weighted by atomic mass is 9.92. The Kier molecular flexibility index (Phi) is 4.75. The van der Waals surface area contributed by atoms with Gasteiger partial charge in [0.15, 0.2) is 9.84 Å². The normalized spacial score (nSPS) is 24.0. The van der Waals surface area contributed by atoms with Gasteiger partial charge in [0, 0.05) is 10.5 Å². The Labute approximate surface area is 133 Å². The van der Waals surface area contributed by atoms with Crippen LogP contribution in [0.15, 0.2) is 28.7 Å². The van der Waals surface area contributed by atoms with E-state index in [0.717, 1.165) is 4.47 Å². The summed E-state index contributed by atoms with van der Waals surface area (Å²) in [5, 5.41) is 2.77. The maximum absolute atomic E-state index is 12.4.